The van der Waals surface area contributed by atoms with Gasteiger partial charge in [-0.3, -0.25) is 9.59 Å². The Balaban J connectivity index is 2.10. The highest BCUT2D eigenvalue weighted by Crippen LogP contribution is 2.28. The first-order valence-electron chi connectivity index (χ1n) is 7.37. The van der Waals surface area contributed by atoms with E-state index >= 15 is 0 Å². The van der Waals surface area contributed by atoms with Crippen LogP contribution >= 0.6 is 0 Å². The Hall–Kier alpha value is -2.96. The van der Waals surface area contributed by atoms with Crippen molar-refractivity contribution >= 4 is 11.8 Å². The summed E-state index contributed by atoms with van der Waals surface area (Å²) in [6, 6.07) is 8.05. The highest BCUT2D eigenvalue weighted by atomic mass is 16.5. The van der Waals surface area contributed by atoms with Crippen LogP contribution in [-0.2, 0) is 4.79 Å². The van der Waals surface area contributed by atoms with Crippen LogP contribution in [0.4, 0.5) is 0 Å². The molecule has 0 fully saturated rings. The van der Waals surface area contributed by atoms with E-state index in [0.717, 1.165) is 5.76 Å². The van der Waals surface area contributed by atoms with Crippen molar-refractivity contribution < 1.29 is 23.5 Å². The molecule has 0 unspecified atom stereocenters. The van der Waals surface area contributed by atoms with Crippen molar-refractivity contribution in [1.82, 2.24) is 5.32 Å². The average Bonchev–Trinajstić information content (AvgIpc) is 2.99. The van der Waals surface area contributed by atoms with E-state index in [1.807, 2.05) is 26.0 Å². The molecule has 0 bridgehead atoms. The largest absolute Gasteiger partial charge is 0.493 e. The molecule has 0 saturated heterocycles. The lowest BCUT2D eigenvalue weighted by Crippen LogP contribution is -2.26. The van der Waals surface area contributed by atoms with Crippen molar-refractivity contribution in [3.63, 3.8) is 0 Å². The van der Waals surface area contributed by atoms with Gasteiger partial charge < -0.3 is 24.9 Å². The summed E-state index contributed by atoms with van der Waals surface area (Å²) in [5.74, 6) is 1.25. The number of primary amides is 1. The van der Waals surface area contributed by atoms with Gasteiger partial charge in [-0.25, -0.2) is 0 Å². The summed E-state index contributed by atoms with van der Waals surface area (Å²) in [4.78, 5) is 23.1. The standard InChI is InChI=1S/C17H20N2O5/c1-10-4-6-13(24-10)11(2)19-17(21)12-5-7-14(15(8-12)22-3)23-9-16(18)20/h4-8,11H,9H2,1-3H3,(H2,18,20)(H,19,21)/t11-/m1/s1. The van der Waals surface area contributed by atoms with Gasteiger partial charge in [-0.1, -0.05) is 0 Å². The third-order valence-electron chi connectivity index (χ3n) is 3.33. The van der Waals surface area contributed by atoms with Crippen LogP contribution in [0.2, 0.25) is 0 Å². The fourth-order valence-corrected chi connectivity index (χ4v) is 2.11. The molecule has 1 heterocycles. The molecule has 24 heavy (non-hydrogen) atoms. The molecule has 128 valence electrons. The van der Waals surface area contributed by atoms with Gasteiger partial charge in [0.15, 0.2) is 18.1 Å². The number of nitrogens with one attached hydrogen (secondary N) is 1. The average molecular weight is 332 g/mol. The molecule has 0 spiro atoms. The summed E-state index contributed by atoms with van der Waals surface area (Å²) in [7, 11) is 1.45. The summed E-state index contributed by atoms with van der Waals surface area (Å²) in [6.07, 6.45) is 0. The summed E-state index contributed by atoms with van der Waals surface area (Å²) >= 11 is 0. The molecule has 1 atom stereocenters. The first-order chi connectivity index (χ1) is 11.4. The number of carbonyl (C=O) groups excluding carboxylic acids is 2. The monoisotopic (exact) mass is 332 g/mol. The number of hydrogen-bond donors (Lipinski definition) is 2. The number of furan rings is 1. The first kappa shape index (κ1) is 17.4. The van der Waals surface area contributed by atoms with Crippen LogP contribution in [0.15, 0.2) is 34.7 Å². The van der Waals surface area contributed by atoms with Crippen molar-refractivity contribution in [2.45, 2.75) is 19.9 Å². The fourth-order valence-electron chi connectivity index (χ4n) is 2.11. The molecule has 2 aromatic rings. The predicted molar refractivity (Wildman–Crippen MR) is 87.0 cm³/mol. The van der Waals surface area contributed by atoms with Crippen LogP contribution in [-0.4, -0.2) is 25.5 Å². The highest BCUT2D eigenvalue weighted by molar-refractivity contribution is 5.95. The summed E-state index contributed by atoms with van der Waals surface area (Å²) < 4.78 is 15.9. The normalized spacial score (nSPS) is 11.6. The van der Waals surface area contributed by atoms with Crippen molar-refractivity contribution in [3.8, 4) is 11.5 Å². The molecule has 3 N–H and O–H groups in total. The maximum atomic E-state index is 12.4. The third kappa shape index (κ3) is 4.28. The van der Waals surface area contributed by atoms with Gasteiger partial charge in [-0.05, 0) is 44.2 Å². The van der Waals surface area contributed by atoms with Crippen LogP contribution in [0.5, 0.6) is 11.5 Å². The van der Waals surface area contributed by atoms with E-state index < -0.39 is 5.91 Å². The van der Waals surface area contributed by atoms with E-state index in [9.17, 15) is 9.59 Å². The van der Waals surface area contributed by atoms with Gasteiger partial charge in [-0.15, -0.1) is 0 Å². The quantitative estimate of drug-likeness (QED) is 0.806. The number of carbonyl (C=O) groups is 2. The Morgan fingerprint density at radius 3 is 2.58 bits per heavy atom. The molecule has 7 nitrogen and oxygen atoms in total. The Labute approximate surface area is 139 Å². The molecule has 0 saturated carbocycles. The smallest absolute Gasteiger partial charge is 0.255 e. The van der Waals surface area contributed by atoms with Crippen molar-refractivity contribution in [3.05, 3.63) is 47.4 Å². The summed E-state index contributed by atoms with van der Waals surface area (Å²) in [5, 5.41) is 2.84. The van der Waals surface area contributed by atoms with E-state index in [4.69, 9.17) is 19.6 Å². The minimum Gasteiger partial charge on any atom is -0.493 e. The zero-order valence-corrected chi connectivity index (χ0v) is 13.8. The summed E-state index contributed by atoms with van der Waals surface area (Å²) in [5.41, 5.74) is 5.44. The van der Waals surface area contributed by atoms with Gasteiger partial charge in [0.05, 0.1) is 13.2 Å². The SMILES string of the molecule is COc1cc(C(=O)N[C@H](C)c2ccc(C)o2)ccc1OCC(N)=O. The number of amides is 2. The zero-order valence-electron chi connectivity index (χ0n) is 13.8. The van der Waals surface area contributed by atoms with E-state index in [1.165, 1.54) is 13.2 Å². The Morgan fingerprint density at radius 2 is 2.00 bits per heavy atom. The van der Waals surface area contributed by atoms with Gasteiger partial charge in [0.2, 0.25) is 0 Å². The Kier molecular flexibility index (Phi) is 5.47. The van der Waals surface area contributed by atoms with Crippen LogP contribution in [0.1, 0.15) is 34.8 Å². The zero-order chi connectivity index (χ0) is 17.7. The Morgan fingerprint density at radius 1 is 1.25 bits per heavy atom. The molecule has 0 aliphatic rings. The van der Waals surface area contributed by atoms with Gasteiger partial charge >= 0.3 is 0 Å². The van der Waals surface area contributed by atoms with E-state index in [-0.39, 0.29) is 18.6 Å². The third-order valence-corrected chi connectivity index (χ3v) is 3.33. The Bertz CT molecular complexity index is 738. The fraction of sp³-hybridized carbons (Fsp3) is 0.294. The minimum atomic E-state index is -0.596. The molecule has 7 heteroatoms. The molecular formula is C17H20N2O5. The molecule has 2 amide bonds. The lowest BCUT2D eigenvalue weighted by Gasteiger charge is -2.14. The first-order valence-corrected chi connectivity index (χ1v) is 7.37. The minimum absolute atomic E-state index is 0.267. The topological polar surface area (TPSA) is 104 Å². The van der Waals surface area contributed by atoms with Crippen LogP contribution in [0, 0.1) is 6.92 Å². The van der Waals surface area contributed by atoms with E-state index in [1.54, 1.807) is 12.1 Å². The molecule has 1 aromatic heterocycles. The molecule has 0 aliphatic carbocycles. The van der Waals surface area contributed by atoms with Gasteiger partial charge in [-0.2, -0.15) is 0 Å². The van der Waals surface area contributed by atoms with Crippen LogP contribution < -0.4 is 20.5 Å². The number of aryl methyl sites for hydroxylation is 1. The number of nitrogens with two attached hydrogens (primary N) is 1. The van der Waals surface area contributed by atoms with Crippen molar-refractivity contribution in [2.24, 2.45) is 5.73 Å². The van der Waals surface area contributed by atoms with E-state index in [2.05, 4.69) is 5.32 Å². The molecule has 1 aromatic carbocycles. The predicted octanol–water partition coefficient (Wildman–Crippen LogP) is 1.95. The second-order valence-corrected chi connectivity index (χ2v) is 5.26. The number of ether oxygens (including phenoxy) is 2. The van der Waals surface area contributed by atoms with Gasteiger partial charge in [0, 0.05) is 5.56 Å². The lowest BCUT2D eigenvalue weighted by molar-refractivity contribution is -0.119. The lowest BCUT2D eigenvalue weighted by atomic mass is 10.1. The number of benzene rings is 1. The van der Waals surface area contributed by atoms with Crippen LogP contribution in [0.3, 0.4) is 0 Å². The number of methoxy groups -OCH3 is 1. The van der Waals surface area contributed by atoms with Gasteiger partial charge in [0.25, 0.3) is 11.8 Å². The highest BCUT2D eigenvalue weighted by Gasteiger charge is 2.16. The maximum absolute atomic E-state index is 12.4. The van der Waals surface area contributed by atoms with Crippen LogP contribution in [0.25, 0.3) is 0 Å². The number of hydrogen-bond acceptors (Lipinski definition) is 5. The van der Waals surface area contributed by atoms with Gasteiger partial charge in [0.1, 0.15) is 11.5 Å². The van der Waals surface area contributed by atoms with Crippen molar-refractivity contribution in [2.75, 3.05) is 13.7 Å². The molecule has 0 aliphatic heterocycles. The molecular weight excluding hydrogens is 312 g/mol. The molecule has 2 rings (SSSR count). The second kappa shape index (κ2) is 7.54. The second-order valence-electron chi connectivity index (χ2n) is 5.26. The summed E-state index contributed by atoms with van der Waals surface area (Å²) in [6.45, 7) is 3.41. The van der Waals surface area contributed by atoms with Crippen molar-refractivity contribution in [1.29, 1.82) is 0 Å². The molecule has 0 radical (unpaired) electrons. The van der Waals surface area contributed by atoms with E-state index in [0.29, 0.717) is 22.8 Å². The maximum Gasteiger partial charge on any atom is 0.255 e. The number of rotatable bonds is 7.